The maximum Gasteiger partial charge on any atom is 0.287 e. The second-order valence-corrected chi connectivity index (χ2v) is 8.32. The number of nitrogens with zero attached hydrogens (tertiary/aromatic N) is 3. The van der Waals surface area contributed by atoms with Crippen LogP contribution in [0.2, 0.25) is 0 Å². The first-order valence-corrected chi connectivity index (χ1v) is 11.3. The number of benzene rings is 1. The summed E-state index contributed by atoms with van der Waals surface area (Å²) in [6.45, 7) is 0.316. The molecule has 3 heterocycles. The third-order valence-electron chi connectivity index (χ3n) is 6.10. The number of pyridine rings is 1. The van der Waals surface area contributed by atoms with Crippen molar-refractivity contribution < 1.29 is 13.6 Å². The van der Waals surface area contributed by atoms with Crippen molar-refractivity contribution in [2.24, 2.45) is 0 Å². The number of nitrogens with one attached hydrogen (secondary N) is 1. The molecular formula is C26H25FN4O2. The molecule has 168 valence electrons. The van der Waals surface area contributed by atoms with Crippen LogP contribution in [0.1, 0.15) is 54.4 Å². The molecule has 1 fully saturated rings. The van der Waals surface area contributed by atoms with Crippen molar-refractivity contribution in [1.29, 1.82) is 0 Å². The first-order chi connectivity index (χ1) is 16.2. The second-order valence-electron chi connectivity index (χ2n) is 8.32. The van der Waals surface area contributed by atoms with Gasteiger partial charge in [-0.05, 0) is 61.4 Å². The average molecular weight is 445 g/mol. The lowest BCUT2D eigenvalue weighted by Gasteiger charge is -2.24. The van der Waals surface area contributed by atoms with E-state index >= 15 is 0 Å². The molecule has 0 unspecified atom stereocenters. The van der Waals surface area contributed by atoms with E-state index in [0.29, 0.717) is 18.3 Å². The fraction of sp³-hybridized carbons (Fsp3) is 0.269. The van der Waals surface area contributed by atoms with E-state index in [9.17, 15) is 9.18 Å². The van der Waals surface area contributed by atoms with Crippen LogP contribution in [0.4, 0.5) is 4.39 Å². The zero-order chi connectivity index (χ0) is 22.6. The minimum Gasteiger partial charge on any atom is -0.449 e. The molecule has 4 aromatic rings. The Kier molecular flexibility index (Phi) is 6.02. The number of halogens is 1. The van der Waals surface area contributed by atoms with Gasteiger partial charge in [0.15, 0.2) is 11.5 Å². The van der Waals surface area contributed by atoms with Gasteiger partial charge >= 0.3 is 0 Å². The highest BCUT2D eigenvalue weighted by Crippen LogP contribution is 2.38. The predicted molar refractivity (Wildman–Crippen MR) is 123 cm³/mol. The van der Waals surface area contributed by atoms with Crippen molar-refractivity contribution in [2.75, 3.05) is 0 Å². The summed E-state index contributed by atoms with van der Waals surface area (Å²) in [7, 11) is 0. The van der Waals surface area contributed by atoms with Gasteiger partial charge in [0, 0.05) is 17.8 Å². The van der Waals surface area contributed by atoms with Gasteiger partial charge in [0.1, 0.15) is 11.5 Å². The molecule has 0 saturated heterocycles. The Morgan fingerprint density at radius 3 is 2.61 bits per heavy atom. The van der Waals surface area contributed by atoms with Crippen LogP contribution in [-0.2, 0) is 6.54 Å². The molecule has 1 saturated carbocycles. The van der Waals surface area contributed by atoms with Gasteiger partial charge in [-0.1, -0.05) is 25.3 Å². The van der Waals surface area contributed by atoms with Crippen LogP contribution in [0.25, 0.3) is 22.7 Å². The van der Waals surface area contributed by atoms with Crippen molar-refractivity contribution in [1.82, 2.24) is 19.9 Å². The minimum atomic E-state index is -0.307. The zero-order valence-corrected chi connectivity index (χ0v) is 18.2. The van der Waals surface area contributed by atoms with Gasteiger partial charge in [-0.15, -0.1) is 0 Å². The lowest BCUT2D eigenvalue weighted by molar-refractivity contribution is 0.0923. The highest BCUT2D eigenvalue weighted by atomic mass is 19.1. The van der Waals surface area contributed by atoms with Crippen LogP contribution in [-0.4, -0.2) is 20.4 Å². The number of carbonyl (C=O) groups excluding carboxylic acids is 1. The normalized spacial score (nSPS) is 14.3. The van der Waals surface area contributed by atoms with Crippen molar-refractivity contribution in [3.8, 4) is 22.7 Å². The average Bonchev–Trinajstić information content (AvgIpc) is 3.52. The van der Waals surface area contributed by atoms with E-state index < -0.39 is 0 Å². The van der Waals surface area contributed by atoms with Gasteiger partial charge in [-0.25, -0.2) is 9.37 Å². The molecular weight excluding hydrogens is 419 g/mol. The van der Waals surface area contributed by atoms with Crippen molar-refractivity contribution in [2.45, 2.75) is 44.7 Å². The SMILES string of the molecule is O=C(NCc1ccccn1)c1ccc(-c2c(-c3ccc(F)cc3)ncn2C2CCCCC2)o1. The number of hydrogen-bond acceptors (Lipinski definition) is 4. The van der Waals surface area contributed by atoms with E-state index in [0.717, 1.165) is 35.5 Å². The van der Waals surface area contributed by atoms with E-state index in [1.165, 1.54) is 31.4 Å². The first kappa shape index (κ1) is 21.1. The summed E-state index contributed by atoms with van der Waals surface area (Å²) < 4.78 is 21.7. The molecule has 1 amide bonds. The number of hydrogen-bond donors (Lipinski definition) is 1. The zero-order valence-electron chi connectivity index (χ0n) is 18.2. The molecule has 1 aromatic carbocycles. The standard InChI is InChI=1S/C26H25FN4O2/c27-19-11-9-18(10-12-19)24-25(31(17-30-24)21-7-2-1-3-8-21)22-13-14-23(33-22)26(32)29-16-20-6-4-5-15-28-20/h4-6,9-15,17,21H,1-3,7-8,16H2,(H,29,32). The van der Waals surface area contributed by atoms with Crippen LogP contribution < -0.4 is 5.32 Å². The summed E-state index contributed by atoms with van der Waals surface area (Å²) >= 11 is 0. The molecule has 0 bridgehead atoms. The van der Waals surface area contributed by atoms with Crippen molar-refractivity contribution in [3.05, 3.63) is 84.4 Å². The summed E-state index contributed by atoms with van der Waals surface area (Å²) in [6, 6.07) is 15.7. The van der Waals surface area contributed by atoms with E-state index in [1.807, 2.05) is 24.5 Å². The lowest BCUT2D eigenvalue weighted by atomic mass is 9.95. The molecule has 6 nitrogen and oxygen atoms in total. The number of imidazole rings is 1. The Balaban J connectivity index is 1.46. The largest absolute Gasteiger partial charge is 0.449 e. The number of aromatic nitrogens is 3. The van der Waals surface area contributed by atoms with Crippen LogP contribution in [0.3, 0.4) is 0 Å². The third-order valence-corrected chi connectivity index (χ3v) is 6.10. The van der Waals surface area contributed by atoms with Crippen LogP contribution >= 0.6 is 0 Å². The fourth-order valence-corrected chi connectivity index (χ4v) is 4.41. The molecule has 1 N–H and O–H groups in total. The van der Waals surface area contributed by atoms with Crippen molar-refractivity contribution >= 4 is 5.91 Å². The van der Waals surface area contributed by atoms with E-state index in [4.69, 9.17) is 4.42 Å². The van der Waals surface area contributed by atoms with Crippen LogP contribution in [0.15, 0.2) is 71.5 Å². The summed E-state index contributed by atoms with van der Waals surface area (Å²) in [5, 5.41) is 2.85. The smallest absolute Gasteiger partial charge is 0.287 e. The highest BCUT2D eigenvalue weighted by molar-refractivity contribution is 5.92. The molecule has 5 rings (SSSR count). The Hall–Kier alpha value is -3.74. The topological polar surface area (TPSA) is 73.0 Å². The first-order valence-electron chi connectivity index (χ1n) is 11.3. The van der Waals surface area contributed by atoms with Crippen molar-refractivity contribution in [3.63, 3.8) is 0 Å². The quantitative estimate of drug-likeness (QED) is 0.409. The summed E-state index contributed by atoms with van der Waals surface area (Å²) in [4.78, 5) is 21.6. The lowest BCUT2D eigenvalue weighted by Crippen LogP contribution is -2.22. The Morgan fingerprint density at radius 1 is 1.03 bits per heavy atom. The van der Waals surface area contributed by atoms with Gasteiger partial charge in [0.25, 0.3) is 5.91 Å². The molecule has 0 atom stereocenters. The van der Waals surface area contributed by atoms with E-state index in [-0.39, 0.29) is 17.5 Å². The molecule has 1 aliphatic rings. The molecule has 1 aliphatic carbocycles. The maximum absolute atomic E-state index is 13.5. The number of amides is 1. The molecule has 7 heteroatoms. The summed E-state index contributed by atoms with van der Waals surface area (Å²) in [6.07, 6.45) is 9.27. The maximum atomic E-state index is 13.5. The molecule has 33 heavy (non-hydrogen) atoms. The summed E-state index contributed by atoms with van der Waals surface area (Å²) in [5.41, 5.74) is 3.11. The fourth-order valence-electron chi connectivity index (χ4n) is 4.41. The van der Waals surface area contributed by atoms with E-state index in [1.54, 1.807) is 30.5 Å². The van der Waals surface area contributed by atoms with Gasteiger partial charge in [0.2, 0.25) is 0 Å². The van der Waals surface area contributed by atoms with Gasteiger partial charge in [0.05, 0.1) is 24.3 Å². The summed E-state index contributed by atoms with van der Waals surface area (Å²) in [5.74, 6) is 0.193. The third kappa shape index (κ3) is 4.58. The van der Waals surface area contributed by atoms with Gasteiger partial charge in [-0.2, -0.15) is 0 Å². The van der Waals surface area contributed by atoms with Gasteiger partial charge in [-0.3, -0.25) is 9.78 Å². The van der Waals surface area contributed by atoms with E-state index in [2.05, 4.69) is 19.9 Å². The van der Waals surface area contributed by atoms with Crippen LogP contribution in [0, 0.1) is 5.82 Å². The second kappa shape index (κ2) is 9.40. The molecule has 0 spiro atoms. The minimum absolute atomic E-state index is 0.224. The Bertz CT molecular complexity index is 1220. The Morgan fingerprint density at radius 2 is 1.85 bits per heavy atom. The number of carbonyl (C=O) groups is 1. The highest BCUT2D eigenvalue weighted by Gasteiger charge is 2.25. The number of rotatable bonds is 6. The Labute approximate surface area is 191 Å². The molecule has 0 radical (unpaired) electrons. The number of furan rings is 1. The van der Waals surface area contributed by atoms with Crippen LogP contribution in [0.5, 0.6) is 0 Å². The predicted octanol–water partition coefficient (Wildman–Crippen LogP) is 5.78. The van der Waals surface area contributed by atoms with Gasteiger partial charge < -0.3 is 14.3 Å². The molecule has 0 aliphatic heterocycles. The molecule has 3 aromatic heterocycles. The monoisotopic (exact) mass is 444 g/mol.